The lowest BCUT2D eigenvalue weighted by atomic mass is 10.1. The summed E-state index contributed by atoms with van der Waals surface area (Å²) in [5, 5.41) is 3.42. The summed E-state index contributed by atoms with van der Waals surface area (Å²) in [5.74, 6) is 0. The zero-order valence-electron chi connectivity index (χ0n) is 11.7. The molecule has 0 aromatic heterocycles. The lowest BCUT2D eigenvalue weighted by Crippen LogP contribution is -2.30. The molecule has 0 heterocycles. The average Bonchev–Trinajstić information content (AvgIpc) is 3.09. The van der Waals surface area contributed by atoms with Crippen LogP contribution < -0.4 is 10.0 Å². The van der Waals surface area contributed by atoms with E-state index in [1.807, 2.05) is 26.8 Å². The van der Waals surface area contributed by atoms with Crippen molar-refractivity contribution in [3.8, 4) is 0 Å². The van der Waals surface area contributed by atoms with Gasteiger partial charge < -0.3 is 5.32 Å². The highest BCUT2D eigenvalue weighted by Gasteiger charge is 2.21. The number of nitrogens with one attached hydrogen (secondary N) is 2. The van der Waals surface area contributed by atoms with Gasteiger partial charge in [-0.15, -0.1) is 0 Å². The van der Waals surface area contributed by atoms with Crippen LogP contribution in [-0.4, -0.2) is 20.5 Å². The lowest BCUT2D eigenvalue weighted by molar-refractivity contribution is 0.569. The van der Waals surface area contributed by atoms with E-state index < -0.39 is 10.0 Å². The fraction of sp³-hybridized carbons (Fsp3) is 0.571. The molecule has 5 heteroatoms. The van der Waals surface area contributed by atoms with E-state index in [9.17, 15) is 8.42 Å². The Bertz CT molecular complexity index is 549. The third kappa shape index (κ3) is 4.03. The van der Waals surface area contributed by atoms with Gasteiger partial charge >= 0.3 is 0 Å². The molecule has 0 aliphatic heterocycles. The van der Waals surface area contributed by atoms with Crippen molar-refractivity contribution >= 4 is 10.0 Å². The van der Waals surface area contributed by atoms with Gasteiger partial charge in [0.2, 0.25) is 10.0 Å². The second-order valence-electron chi connectivity index (χ2n) is 5.52. The van der Waals surface area contributed by atoms with Crippen LogP contribution in [0.4, 0.5) is 0 Å². The summed E-state index contributed by atoms with van der Waals surface area (Å²) in [6, 6.07) is 5.84. The van der Waals surface area contributed by atoms with Gasteiger partial charge in [-0.2, -0.15) is 0 Å². The van der Waals surface area contributed by atoms with Gasteiger partial charge in [0.1, 0.15) is 0 Å². The summed E-state index contributed by atoms with van der Waals surface area (Å²) >= 11 is 0. The molecular weight excluding hydrogens is 260 g/mol. The van der Waals surface area contributed by atoms with E-state index in [1.54, 1.807) is 12.1 Å². The summed E-state index contributed by atoms with van der Waals surface area (Å²) < 4.78 is 26.9. The minimum Gasteiger partial charge on any atom is -0.310 e. The maximum Gasteiger partial charge on any atom is 0.240 e. The van der Waals surface area contributed by atoms with Gasteiger partial charge in [-0.25, -0.2) is 13.1 Å². The Morgan fingerprint density at radius 2 is 2.00 bits per heavy atom. The van der Waals surface area contributed by atoms with Crippen LogP contribution in [0.25, 0.3) is 0 Å². The highest BCUT2D eigenvalue weighted by molar-refractivity contribution is 7.89. The molecule has 1 saturated carbocycles. The molecule has 1 fully saturated rings. The van der Waals surface area contributed by atoms with Gasteiger partial charge in [0, 0.05) is 18.6 Å². The van der Waals surface area contributed by atoms with Crippen molar-refractivity contribution in [3.05, 3.63) is 29.3 Å². The number of aryl methyl sites for hydroxylation is 1. The first-order valence-electron chi connectivity index (χ1n) is 6.74. The van der Waals surface area contributed by atoms with Gasteiger partial charge in [-0.1, -0.05) is 6.07 Å². The highest BCUT2D eigenvalue weighted by Crippen LogP contribution is 2.21. The molecule has 0 bridgehead atoms. The van der Waals surface area contributed by atoms with Crippen LogP contribution in [0, 0.1) is 6.92 Å². The zero-order valence-corrected chi connectivity index (χ0v) is 12.5. The molecule has 0 unspecified atom stereocenters. The maximum atomic E-state index is 12.1. The molecule has 0 spiro atoms. The normalized spacial score (nSPS) is 16.0. The summed E-state index contributed by atoms with van der Waals surface area (Å²) in [6.45, 7) is 6.39. The quantitative estimate of drug-likeness (QED) is 0.838. The SMILES string of the molecule is Cc1ccc(S(=O)(=O)NC(C)C)cc1CNC1CC1. The highest BCUT2D eigenvalue weighted by atomic mass is 32.2. The van der Waals surface area contributed by atoms with Crippen LogP contribution in [0.3, 0.4) is 0 Å². The van der Waals surface area contributed by atoms with Crippen LogP contribution in [-0.2, 0) is 16.6 Å². The number of hydrogen-bond donors (Lipinski definition) is 2. The zero-order chi connectivity index (χ0) is 14.0. The fourth-order valence-corrected chi connectivity index (χ4v) is 3.23. The Morgan fingerprint density at radius 3 is 2.58 bits per heavy atom. The molecule has 1 aliphatic carbocycles. The van der Waals surface area contributed by atoms with E-state index in [0.29, 0.717) is 10.9 Å². The number of sulfonamides is 1. The van der Waals surface area contributed by atoms with E-state index in [-0.39, 0.29) is 6.04 Å². The molecular formula is C14H22N2O2S. The van der Waals surface area contributed by atoms with Crippen molar-refractivity contribution in [2.75, 3.05) is 0 Å². The van der Waals surface area contributed by atoms with Crippen molar-refractivity contribution in [1.29, 1.82) is 0 Å². The predicted molar refractivity (Wildman–Crippen MR) is 76.5 cm³/mol. The van der Waals surface area contributed by atoms with Crippen LogP contribution in [0.5, 0.6) is 0 Å². The monoisotopic (exact) mass is 282 g/mol. The molecule has 1 aromatic carbocycles. The predicted octanol–water partition coefficient (Wildman–Crippen LogP) is 1.93. The molecule has 0 saturated heterocycles. The maximum absolute atomic E-state index is 12.1. The Hall–Kier alpha value is -0.910. The minimum atomic E-state index is -3.40. The topological polar surface area (TPSA) is 58.2 Å². The molecule has 0 radical (unpaired) electrons. The van der Waals surface area contributed by atoms with Crippen LogP contribution in [0.1, 0.15) is 37.8 Å². The smallest absolute Gasteiger partial charge is 0.240 e. The largest absolute Gasteiger partial charge is 0.310 e. The number of rotatable bonds is 6. The third-order valence-electron chi connectivity index (χ3n) is 3.18. The Kier molecular flexibility index (Phi) is 4.28. The molecule has 1 aromatic rings. The number of hydrogen-bond acceptors (Lipinski definition) is 3. The van der Waals surface area contributed by atoms with Gasteiger partial charge in [0.05, 0.1) is 4.90 Å². The molecule has 2 rings (SSSR count). The number of benzene rings is 1. The Balaban J connectivity index is 2.18. The van der Waals surface area contributed by atoms with E-state index in [0.717, 1.165) is 17.7 Å². The van der Waals surface area contributed by atoms with Crippen molar-refractivity contribution in [2.45, 2.75) is 57.1 Å². The molecule has 0 atom stereocenters. The lowest BCUT2D eigenvalue weighted by Gasteiger charge is -2.12. The van der Waals surface area contributed by atoms with Crippen molar-refractivity contribution in [1.82, 2.24) is 10.0 Å². The molecule has 2 N–H and O–H groups in total. The Morgan fingerprint density at radius 1 is 1.32 bits per heavy atom. The van der Waals surface area contributed by atoms with Crippen molar-refractivity contribution in [3.63, 3.8) is 0 Å². The molecule has 1 aliphatic rings. The standard InChI is InChI=1S/C14H22N2O2S/c1-10(2)16-19(17,18)14-7-4-11(3)12(8-14)9-15-13-5-6-13/h4,7-8,10,13,15-16H,5-6,9H2,1-3H3. The third-order valence-corrected chi connectivity index (χ3v) is 4.84. The molecule has 19 heavy (non-hydrogen) atoms. The van der Waals surface area contributed by atoms with E-state index in [1.165, 1.54) is 12.8 Å². The Labute approximate surface area is 115 Å². The van der Waals surface area contributed by atoms with Crippen LogP contribution in [0.15, 0.2) is 23.1 Å². The first-order chi connectivity index (χ1) is 8.88. The van der Waals surface area contributed by atoms with Crippen molar-refractivity contribution in [2.24, 2.45) is 0 Å². The van der Waals surface area contributed by atoms with E-state index in [4.69, 9.17) is 0 Å². The second kappa shape index (κ2) is 5.61. The summed E-state index contributed by atoms with van der Waals surface area (Å²) in [6.07, 6.45) is 2.46. The van der Waals surface area contributed by atoms with E-state index >= 15 is 0 Å². The van der Waals surface area contributed by atoms with Crippen LogP contribution in [0.2, 0.25) is 0 Å². The summed E-state index contributed by atoms with van der Waals surface area (Å²) in [5.41, 5.74) is 2.18. The van der Waals surface area contributed by atoms with Gasteiger partial charge in [0.15, 0.2) is 0 Å². The summed E-state index contributed by atoms with van der Waals surface area (Å²) in [7, 11) is -3.40. The van der Waals surface area contributed by atoms with E-state index in [2.05, 4.69) is 10.0 Å². The second-order valence-corrected chi connectivity index (χ2v) is 7.23. The van der Waals surface area contributed by atoms with Gasteiger partial charge in [-0.05, 0) is 56.9 Å². The first kappa shape index (κ1) is 14.5. The van der Waals surface area contributed by atoms with Crippen LogP contribution >= 0.6 is 0 Å². The average molecular weight is 282 g/mol. The van der Waals surface area contributed by atoms with Gasteiger partial charge in [0.25, 0.3) is 0 Å². The molecule has 4 nitrogen and oxygen atoms in total. The first-order valence-corrected chi connectivity index (χ1v) is 8.22. The molecule has 106 valence electrons. The van der Waals surface area contributed by atoms with Gasteiger partial charge in [-0.3, -0.25) is 0 Å². The summed E-state index contributed by atoms with van der Waals surface area (Å²) in [4.78, 5) is 0.347. The molecule has 0 amide bonds. The fourth-order valence-electron chi connectivity index (χ4n) is 1.93. The minimum absolute atomic E-state index is 0.0978. The van der Waals surface area contributed by atoms with Crippen molar-refractivity contribution < 1.29 is 8.42 Å².